The van der Waals surface area contributed by atoms with Crippen molar-refractivity contribution in [1.29, 1.82) is 0 Å². The molecule has 0 heterocycles. The van der Waals surface area contributed by atoms with E-state index < -0.39 is 12.2 Å². The van der Waals surface area contributed by atoms with Crippen LogP contribution in [0.5, 0.6) is 0 Å². The number of hydrogen-bond donors (Lipinski definition) is 3. The molecule has 84 valence electrons. The fourth-order valence-corrected chi connectivity index (χ4v) is 1.84. The molecule has 4 heteroatoms. The summed E-state index contributed by atoms with van der Waals surface area (Å²) in [5.74, 6) is 0. The van der Waals surface area contributed by atoms with Crippen LogP contribution in [-0.4, -0.2) is 21.6 Å². The van der Waals surface area contributed by atoms with E-state index in [2.05, 4.69) is 15.9 Å². The van der Waals surface area contributed by atoms with E-state index in [1.54, 1.807) is 12.1 Å². The fraction of sp³-hybridized carbons (Fsp3) is 0.455. The maximum absolute atomic E-state index is 9.81. The highest BCUT2D eigenvalue weighted by Gasteiger charge is 2.18. The number of rotatable bonds is 3. The molecule has 15 heavy (non-hydrogen) atoms. The molecule has 1 aromatic rings. The maximum Gasteiger partial charge on any atom is 0.106 e. The van der Waals surface area contributed by atoms with Gasteiger partial charge in [-0.2, -0.15) is 0 Å². The molecule has 0 aliphatic rings. The number of anilines is 1. The van der Waals surface area contributed by atoms with E-state index in [9.17, 15) is 10.2 Å². The lowest BCUT2D eigenvalue weighted by molar-refractivity contribution is 0.0342. The van der Waals surface area contributed by atoms with E-state index in [4.69, 9.17) is 5.73 Å². The van der Waals surface area contributed by atoms with Crippen molar-refractivity contribution in [2.24, 2.45) is 0 Å². The maximum atomic E-state index is 9.81. The Bertz CT molecular complexity index is 331. The summed E-state index contributed by atoms with van der Waals surface area (Å²) >= 11 is 3.13. The van der Waals surface area contributed by atoms with Gasteiger partial charge in [0.1, 0.15) is 6.10 Å². The number of nitrogen functional groups attached to an aromatic ring is 1. The molecule has 0 saturated heterocycles. The molecule has 0 spiro atoms. The van der Waals surface area contributed by atoms with Gasteiger partial charge in [0, 0.05) is 11.0 Å². The van der Waals surface area contributed by atoms with Gasteiger partial charge in [0.15, 0.2) is 0 Å². The molecule has 0 amide bonds. The number of aliphatic hydroxyl groups is 2. The first-order valence-electron chi connectivity index (χ1n) is 4.76. The Kier molecular flexibility index (Phi) is 4.13. The molecule has 0 aliphatic carbocycles. The number of halogens is 1. The van der Waals surface area contributed by atoms with Crippen molar-refractivity contribution in [3.05, 3.63) is 28.8 Å². The van der Waals surface area contributed by atoms with Gasteiger partial charge in [-0.25, -0.2) is 0 Å². The van der Waals surface area contributed by atoms with Gasteiger partial charge in [-0.3, -0.25) is 0 Å². The Morgan fingerprint density at radius 2 is 1.73 bits per heavy atom. The molecule has 2 atom stereocenters. The first-order chi connectivity index (χ1) is 6.97. The van der Waals surface area contributed by atoms with Gasteiger partial charge < -0.3 is 15.9 Å². The van der Waals surface area contributed by atoms with Crippen molar-refractivity contribution in [2.45, 2.75) is 26.1 Å². The largest absolute Gasteiger partial charge is 0.398 e. The molecular weight excluding hydrogens is 258 g/mol. The first-order valence-corrected chi connectivity index (χ1v) is 5.88. The average Bonchev–Trinajstić information content (AvgIpc) is 2.23. The smallest absolute Gasteiger partial charge is 0.106 e. The van der Waals surface area contributed by atoms with Gasteiger partial charge in [-0.15, -0.1) is 0 Å². The highest BCUT2D eigenvalue weighted by atomic mass is 79.9. The normalized spacial score (nSPS) is 15.0. The lowest BCUT2D eigenvalue weighted by atomic mass is 9.99. The number of nitrogens with two attached hydrogens (primary N) is 1. The predicted molar refractivity (Wildman–Crippen MR) is 65.1 cm³/mol. The Morgan fingerprint density at radius 3 is 2.13 bits per heavy atom. The number of aryl methyl sites for hydroxylation is 2. The van der Waals surface area contributed by atoms with Gasteiger partial charge in [0.2, 0.25) is 0 Å². The molecule has 0 bridgehead atoms. The Hall–Kier alpha value is -0.580. The van der Waals surface area contributed by atoms with Crippen LogP contribution in [-0.2, 0) is 0 Å². The second kappa shape index (κ2) is 4.96. The third-order valence-corrected chi connectivity index (χ3v) is 3.14. The molecule has 2 unspecified atom stereocenters. The van der Waals surface area contributed by atoms with Gasteiger partial charge in [0.05, 0.1) is 6.10 Å². The van der Waals surface area contributed by atoms with Crippen molar-refractivity contribution in [1.82, 2.24) is 0 Å². The van der Waals surface area contributed by atoms with Crippen molar-refractivity contribution < 1.29 is 10.2 Å². The Balaban J connectivity index is 3.06. The second-order valence-corrected chi connectivity index (χ2v) is 4.38. The molecule has 0 aromatic heterocycles. The Labute approximate surface area is 98.1 Å². The average molecular weight is 274 g/mol. The molecule has 0 saturated carbocycles. The zero-order valence-corrected chi connectivity index (χ0v) is 10.5. The topological polar surface area (TPSA) is 66.5 Å². The van der Waals surface area contributed by atoms with Crippen LogP contribution in [0.3, 0.4) is 0 Å². The van der Waals surface area contributed by atoms with Crippen LogP contribution in [0.25, 0.3) is 0 Å². The quantitative estimate of drug-likeness (QED) is 0.580. The summed E-state index contributed by atoms with van der Waals surface area (Å²) in [6.07, 6.45) is -1.67. The van der Waals surface area contributed by atoms with E-state index in [1.807, 2.05) is 13.8 Å². The monoisotopic (exact) mass is 273 g/mol. The van der Waals surface area contributed by atoms with Crippen molar-refractivity contribution in [3.8, 4) is 0 Å². The molecule has 1 aromatic carbocycles. The summed E-state index contributed by atoms with van der Waals surface area (Å²) in [4.78, 5) is 0. The van der Waals surface area contributed by atoms with E-state index in [1.165, 1.54) is 0 Å². The SMILES string of the molecule is Cc1cc(C(O)C(O)CBr)cc(C)c1N. The van der Waals surface area contributed by atoms with Gasteiger partial charge in [-0.05, 0) is 30.5 Å². The minimum absolute atomic E-state index is 0.344. The minimum atomic E-state index is -0.873. The summed E-state index contributed by atoms with van der Waals surface area (Å²) < 4.78 is 0. The number of hydrogen-bond acceptors (Lipinski definition) is 3. The number of benzene rings is 1. The van der Waals surface area contributed by atoms with Gasteiger partial charge in [-0.1, -0.05) is 28.1 Å². The van der Waals surface area contributed by atoms with Crippen molar-refractivity contribution in [2.75, 3.05) is 11.1 Å². The van der Waals surface area contributed by atoms with E-state index in [0.29, 0.717) is 10.9 Å². The highest BCUT2D eigenvalue weighted by Crippen LogP contribution is 2.25. The zero-order valence-electron chi connectivity index (χ0n) is 8.87. The first kappa shape index (κ1) is 12.5. The molecule has 0 radical (unpaired) electrons. The van der Waals surface area contributed by atoms with Crippen LogP contribution in [0.2, 0.25) is 0 Å². The summed E-state index contributed by atoms with van der Waals surface area (Å²) in [5, 5.41) is 19.7. The van der Waals surface area contributed by atoms with Crippen LogP contribution >= 0.6 is 15.9 Å². The molecule has 0 fully saturated rings. The number of alkyl halides is 1. The lowest BCUT2D eigenvalue weighted by Crippen LogP contribution is -2.19. The summed E-state index contributed by atoms with van der Waals surface area (Å²) in [5.41, 5.74) is 9.09. The van der Waals surface area contributed by atoms with Gasteiger partial charge >= 0.3 is 0 Å². The fourth-order valence-electron chi connectivity index (χ4n) is 1.49. The predicted octanol–water partition coefficient (Wildman–Crippen LogP) is 1.67. The number of aliphatic hydroxyl groups excluding tert-OH is 2. The van der Waals surface area contributed by atoms with Crippen LogP contribution in [0.15, 0.2) is 12.1 Å². The van der Waals surface area contributed by atoms with Crippen LogP contribution in [0.1, 0.15) is 22.8 Å². The molecule has 0 aliphatic heterocycles. The lowest BCUT2D eigenvalue weighted by Gasteiger charge is -2.18. The van der Waals surface area contributed by atoms with E-state index in [-0.39, 0.29) is 0 Å². The second-order valence-electron chi connectivity index (χ2n) is 3.73. The third kappa shape index (κ3) is 2.71. The molecule has 1 rings (SSSR count). The van der Waals surface area contributed by atoms with Crippen LogP contribution in [0, 0.1) is 13.8 Å². The standard InChI is InChI=1S/C11H16BrNO2/c1-6-3-8(4-7(2)10(6)13)11(15)9(14)5-12/h3-4,9,11,14-15H,5,13H2,1-2H3. The summed E-state index contributed by atoms with van der Waals surface area (Å²) in [6.45, 7) is 3.78. The summed E-state index contributed by atoms with van der Waals surface area (Å²) in [7, 11) is 0. The molecular formula is C11H16BrNO2. The minimum Gasteiger partial charge on any atom is -0.398 e. The Morgan fingerprint density at radius 1 is 1.27 bits per heavy atom. The molecule has 4 N–H and O–H groups in total. The van der Waals surface area contributed by atoms with Crippen molar-refractivity contribution >= 4 is 21.6 Å². The van der Waals surface area contributed by atoms with Crippen LogP contribution in [0.4, 0.5) is 5.69 Å². The van der Waals surface area contributed by atoms with Crippen LogP contribution < -0.4 is 5.73 Å². The zero-order chi connectivity index (χ0) is 11.6. The third-order valence-electron chi connectivity index (χ3n) is 2.48. The van der Waals surface area contributed by atoms with E-state index >= 15 is 0 Å². The highest BCUT2D eigenvalue weighted by molar-refractivity contribution is 9.09. The van der Waals surface area contributed by atoms with Crippen molar-refractivity contribution in [3.63, 3.8) is 0 Å². The molecule has 3 nitrogen and oxygen atoms in total. The van der Waals surface area contributed by atoms with Gasteiger partial charge in [0.25, 0.3) is 0 Å². The summed E-state index contributed by atoms with van der Waals surface area (Å²) in [6, 6.07) is 3.61. The van der Waals surface area contributed by atoms with E-state index in [0.717, 1.165) is 16.8 Å².